The molecule has 3 rings (SSSR count). The van der Waals surface area contributed by atoms with Gasteiger partial charge < -0.3 is 0 Å². The molecule has 0 saturated heterocycles. The van der Waals surface area contributed by atoms with E-state index in [2.05, 4.69) is 4.72 Å². The van der Waals surface area contributed by atoms with E-state index >= 15 is 0 Å². The summed E-state index contributed by atoms with van der Waals surface area (Å²) in [6.07, 6.45) is 0. The molecular weight excluding hydrogens is 410 g/mol. The topological polar surface area (TPSA) is 106 Å². The molecule has 0 radical (unpaired) electrons. The van der Waals surface area contributed by atoms with Gasteiger partial charge in [-0.15, -0.1) is 0 Å². The molecule has 0 amide bonds. The van der Waals surface area contributed by atoms with E-state index in [9.17, 15) is 25.6 Å². The molecule has 0 aliphatic carbocycles. The summed E-state index contributed by atoms with van der Waals surface area (Å²) in [5, 5.41) is 5.04. The van der Waals surface area contributed by atoms with Gasteiger partial charge in [-0.05, 0) is 53.6 Å². The van der Waals surface area contributed by atoms with Gasteiger partial charge in [0.05, 0.1) is 15.5 Å². The van der Waals surface area contributed by atoms with E-state index < -0.39 is 31.7 Å². The van der Waals surface area contributed by atoms with Gasteiger partial charge in [0.1, 0.15) is 0 Å². The van der Waals surface area contributed by atoms with Crippen molar-refractivity contribution in [2.75, 3.05) is 4.72 Å². The first-order valence-corrected chi connectivity index (χ1v) is 10.8. The first-order chi connectivity index (χ1) is 13.1. The lowest BCUT2D eigenvalue weighted by Gasteiger charge is -2.10. The first kappa shape index (κ1) is 19.9. The third kappa shape index (κ3) is 4.35. The lowest BCUT2D eigenvalue weighted by molar-refractivity contribution is 0.509. The van der Waals surface area contributed by atoms with Crippen molar-refractivity contribution in [3.63, 3.8) is 0 Å². The summed E-state index contributed by atoms with van der Waals surface area (Å²) in [6.45, 7) is 0. The molecule has 0 aliphatic heterocycles. The third-order valence-corrected chi connectivity index (χ3v) is 6.14. The fraction of sp³-hybridized carbons (Fsp3) is 0. The molecule has 0 fully saturated rings. The van der Waals surface area contributed by atoms with Crippen molar-refractivity contribution in [1.29, 1.82) is 0 Å². The largest absolute Gasteiger partial charge is 0.280 e. The monoisotopic (exact) mass is 424 g/mol. The SMILES string of the molecule is NS(=O)(=O)c1cccc(NS(=O)(=O)c2ccc(-c3ccc(F)c(F)c3)cc2)c1. The molecule has 0 atom stereocenters. The van der Waals surface area contributed by atoms with Gasteiger partial charge in [-0.1, -0.05) is 24.3 Å². The van der Waals surface area contributed by atoms with E-state index in [0.717, 1.165) is 18.2 Å². The van der Waals surface area contributed by atoms with Crippen LogP contribution in [0.1, 0.15) is 0 Å². The lowest BCUT2D eigenvalue weighted by atomic mass is 10.1. The van der Waals surface area contributed by atoms with Gasteiger partial charge in [0.2, 0.25) is 10.0 Å². The van der Waals surface area contributed by atoms with Crippen molar-refractivity contribution >= 4 is 25.7 Å². The van der Waals surface area contributed by atoms with Gasteiger partial charge in [-0.25, -0.2) is 30.8 Å². The summed E-state index contributed by atoms with van der Waals surface area (Å²) in [4.78, 5) is -0.332. The van der Waals surface area contributed by atoms with Crippen molar-refractivity contribution < 1.29 is 25.6 Å². The molecule has 3 N–H and O–H groups in total. The fourth-order valence-electron chi connectivity index (χ4n) is 2.45. The zero-order valence-corrected chi connectivity index (χ0v) is 15.8. The molecule has 3 aromatic rings. The van der Waals surface area contributed by atoms with Crippen LogP contribution in [0, 0.1) is 11.6 Å². The predicted molar refractivity (Wildman–Crippen MR) is 100 cm³/mol. The Balaban J connectivity index is 1.87. The maximum Gasteiger partial charge on any atom is 0.261 e. The average molecular weight is 424 g/mol. The van der Waals surface area contributed by atoms with Crippen LogP contribution in [0.25, 0.3) is 11.1 Å². The van der Waals surface area contributed by atoms with Crippen LogP contribution in [0.4, 0.5) is 14.5 Å². The van der Waals surface area contributed by atoms with Gasteiger partial charge in [0, 0.05) is 0 Å². The highest BCUT2D eigenvalue weighted by Gasteiger charge is 2.16. The quantitative estimate of drug-likeness (QED) is 0.656. The van der Waals surface area contributed by atoms with E-state index in [-0.39, 0.29) is 15.5 Å². The molecule has 0 heterocycles. The number of hydrogen-bond donors (Lipinski definition) is 2. The molecule has 0 unspecified atom stereocenters. The number of rotatable bonds is 5. The van der Waals surface area contributed by atoms with Crippen LogP contribution < -0.4 is 9.86 Å². The van der Waals surface area contributed by atoms with Crippen LogP contribution in [0.15, 0.2) is 76.5 Å². The smallest absolute Gasteiger partial charge is 0.261 e. The number of nitrogens with one attached hydrogen (secondary N) is 1. The number of anilines is 1. The molecule has 0 spiro atoms. The number of hydrogen-bond acceptors (Lipinski definition) is 4. The fourth-order valence-corrected chi connectivity index (χ4v) is 4.06. The number of sulfonamides is 2. The second-order valence-corrected chi connectivity index (χ2v) is 9.08. The summed E-state index contributed by atoms with van der Waals surface area (Å²) in [6, 6.07) is 13.9. The molecule has 3 aromatic carbocycles. The van der Waals surface area contributed by atoms with E-state index in [1.54, 1.807) is 0 Å². The second-order valence-electron chi connectivity index (χ2n) is 5.83. The highest BCUT2D eigenvalue weighted by molar-refractivity contribution is 7.92. The van der Waals surface area contributed by atoms with Crippen LogP contribution in [0.3, 0.4) is 0 Å². The molecule has 6 nitrogen and oxygen atoms in total. The Morgan fingerprint density at radius 1 is 0.714 bits per heavy atom. The number of benzene rings is 3. The van der Waals surface area contributed by atoms with Crippen LogP contribution in [-0.2, 0) is 20.0 Å². The van der Waals surface area contributed by atoms with Crippen molar-refractivity contribution in [3.8, 4) is 11.1 Å². The van der Waals surface area contributed by atoms with E-state index in [1.807, 2.05) is 0 Å². The zero-order chi connectivity index (χ0) is 20.5. The maximum atomic E-state index is 13.4. The first-order valence-electron chi connectivity index (χ1n) is 7.77. The minimum atomic E-state index is -4.01. The predicted octanol–water partition coefficient (Wildman–Crippen LogP) is 3.08. The van der Waals surface area contributed by atoms with Gasteiger partial charge in [0.15, 0.2) is 11.6 Å². The highest BCUT2D eigenvalue weighted by atomic mass is 32.2. The number of nitrogens with two attached hydrogens (primary N) is 1. The van der Waals surface area contributed by atoms with Crippen LogP contribution in [0.2, 0.25) is 0 Å². The van der Waals surface area contributed by atoms with E-state index in [0.29, 0.717) is 11.1 Å². The Labute approximate surface area is 160 Å². The summed E-state index contributed by atoms with van der Waals surface area (Å²) >= 11 is 0. The molecule has 0 saturated carbocycles. The summed E-state index contributed by atoms with van der Waals surface area (Å²) in [5.74, 6) is -1.99. The van der Waals surface area contributed by atoms with Crippen LogP contribution in [0.5, 0.6) is 0 Å². The van der Waals surface area contributed by atoms with Crippen molar-refractivity contribution in [2.45, 2.75) is 9.79 Å². The molecule has 0 aliphatic rings. The minimum Gasteiger partial charge on any atom is -0.280 e. The average Bonchev–Trinajstić information content (AvgIpc) is 2.63. The van der Waals surface area contributed by atoms with Gasteiger partial charge >= 0.3 is 0 Å². The number of primary sulfonamides is 1. The van der Waals surface area contributed by atoms with Crippen LogP contribution >= 0.6 is 0 Å². The Morgan fingerprint density at radius 3 is 1.96 bits per heavy atom. The molecule has 28 heavy (non-hydrogen) atoms. The number of halogens is 2. The Hall–Kier alpha value is -2.82. The maximum absolute atomic E-state index is 13.4. The highest BCUT2D eigenvalue weighted by Crippen LogP contribution is 2.24. The van der Waals surface area contributed by atoms with Gasteiger partial charge in [-0.3, -0.25) is 4.72 Å². The van der Waals surface area contributed by atoms with Gasteiger partial charge in [-0.2, -0.15) is 0 Å². The zero-order valence-electron chi connectivity index (χ0n) is 14.1. The third-order valence-electron chi connectivity index (χ3n) is 3.83. The van der Waals surface area contributed by atoms with E-state index in [4.69, 9.17) is 5.14 Å². The summed E-state index contributed by atoms with van der Waals surface area (Å²) in [7, 11) is -7.99. The van der Waals surface area contributed by atoms with Crippen molar-refractivity contribution in [2.24, 2.45) is 5.14 Å². The van der Waals surface area contributed by atoms with E-state index in [1.165, 1.54) is 48.5 Å². The summed E-state index contributed by atoms with van der Waals surface area (Å²) in [5.41, 5.74) is 0.905. The van der Waals surface area contributed by atoms with Crippen LogP contribution in [-0.4, -0.2) is 16.8 Å². The molecule has 0 aromatic heterocycles. The Morgan fingerprint density at radius 2 is 1.36 bits per heavy atom. The summed E-state index contributed by atoms with van der Waals surface area (Å²) < 4.78 is 76.5. The molecule has 10 heteroatoms. The standard InChI is InChI=1S/C18H14F2N2O4S2/c19-17-9-6-13(10-18(17)20)12-4-7-15(8-5-12)28(25,26)22-14-2-1-3-16(11-14)27(21,23)24/h1-11,22H,(H2,21,23,24). The Bertz CT molecular complexity index is 1240. The second kappa shape index (κ2) is 7.30. The normalized spacial score (nSPS) is 12.0. The molecule has 0 bridgehead atoms. The van der Waals surface area contributed by atoms with Crippen molar-refractivity contribution in [1.82, 2.24) is 0 Å². The lowest BCUT2D eigenvalue weighted by Crippen LogP contribution is -2.15. The van der Waals surface area contributed by atoms with Crippen molar-refractivity contribution in [3.05, 3.63) is 78.4 Å². The molecule has 146 valence electrons. The van der Waals surface area contributed by atoms with Gasteiger partial charge in [0.25, 0.3) is 10.0 Å². The Kier molecular flexibility index (Phi) is 5.20. The molecular formula is C18H14F2N2O4S2. The minimum absolute atomic E-state index is 0.0243.